The van der Waals surface area contributed by atoms with E-state index < -0.39 is 0 Å². The molecule has 0 aliphatic heterocycles. The van der Waals surface area contributed by atoms with E-state index >= 15 is 0 Å². The SMILES string of the molecule is CCN(Cc1ccccn1)C1CCC(NC)CC1. The second kappa shape index (κ2) is 6.86. The van der Waals surface area contributed by atoms with Crippen LogP contribution in [0.25, 0.3) is 0 Å². The zero-order chi connectivity index (χ0) is 12.8. The summed E-state index contributed by atoms with van der Waals surface area (Å²) in [5, 5.41) is 3.40. The first kappa shape index (κ1) is 13.5. The van der Waals surface area contributed by atoms with Crippen molar-refractivity contribution in [3.05, 3.63) is 30.1 Å². The molecule has 0 bridgehead atoms. The van der Waals surface area contributed by atoms with Crippen molar-refractivity contribution < 1.29 is 0 Å². The molecule has 1 aliphatic rings. The molecule has 1 fully saturated rings. The molecule has 18 heavy (non-hydrogen) atoms. The zero-order valence-corrected chi connectivity index (χ0v) is 11.6. The van der Waals surface area contributed by atoms with Gasteiger partial charge < -0.3 is 5.32 Å². The van der Waals surface area contributed by atoms with Crippen molar-refractivity contribution in [2.45, 2.75) is 51.2 Å². The third kappa shape index (κ3) is 3.53. The third-order valence-electron chi connectivity index (χ3n) is 4.12. The lowest BCUT2D eigenvalue weighted by atomic mass is 9.90. The van der Waals surface area contributed by atoms with Crippen molar-refractivity contribution in [3.63, 3.8) is 0 Å². The molecule has 0 amide bonds. The van der Waals surface area contributed by atoms with Gasteiger partial charge in [-0.2, -0.15) is 0 Å². The Balaban J connectivity index is 1.89. The standard InChI is InChI=1S/C15H25N3/c1-3-18(12-14-6-4-5-11-17-14)15-9-7-13(16-2)8-10-15/h4-6,11,13,15-16H,3,7-10,12H2,1-2H3. The van der Waals surface area contributed by atoms with Crippen molar-refractivity contribution in [1.29, 1.82) is 0 Å². The lowest BCUT2D eigenvalue weighted by Crippen LogP contribution is -2.41. The normalized spacial score (nSPS) is 24.4. The smallest absolute Gasteiger partial charge is 0.0544 e. The van der Waals surface area contributed by atoms with E-state index in [0.29, 0.717) is 0 Å². The fourth-order valence-electron chi connectivity index (χ4n) is 2.93. The number of pyridine rings is 1. The Bertz CT molecular complexity index is 331. The van der Waals surface area contributed by atoms with Crippen LogP contribution in [0.2, 0.25) is 0 Å². The Morgan fingerprint density at radius 2 is 2.06 bits per heavy atom. The van der Waals surface area contributed by atoms with Crippen LogP contribution in [-0.2, 0) is 6.54 Å². The number of nitrogens with one attached hydrogen (secondary N) is 1. The molecular formula is C15H25N3. The highest BCUT2D eigenvalue weighted by Gasteiger charge is 2.24. The Kier molecular flexibility index (Phi) is 5.14. The molecule has 3 heteroatoms. The molecule has 2 rings (SSSR count). The fraction of sp³-hybridized carbons (Fsp3) is 0.667. The van der Waals surface area contributed by atoms with Gasteiger partial charge in [0, 0.05) is 24.8 Å². The van der Waals surface area contributed by atoms with Gasteiger partial charge in [-0.05, 0) is 51.4 Å². The molecule has 1 aliphatic carbocycles. The summed E-state index contributed by atoms with van der Waals surface area (Å²) in [6, 6.07) is 7.66. The lowest BCUT2D eigenvalue weighted by Gasteiger charge is -2.36. The largest absolute Gasteiger partial charge is 0.317 e. The minimum Gasteiger partial charge on any atom is -0.317 e. The van der Waals surface area contributed by atoms with E-state index in [-0.39, 0.29) is 0 Å². The number of rotatable bonds is 5. The van der Waals surface area contributed by atoms with Crippen LogP contribution in [0.4, 0.5) is 0 Å². The Morgan fingerprint density at radius 1 is 1.28 bits per heavy atom. The Morgan fingerprint density at radius 3 is 2.61 bits per heavy atom. The minimum absolute atomic E-state index is 0.731. The van der Waals surface area contributed by atoms with Gasteiger partial charge >= 0.3 is 0 Å². The van der Waals surface area contributed by atoms with Gasteiger partial charge in [-0.15, -0.1) is 0 Å². The predicted octanol–water partition coefficient (Wildman–Crippen LogP) is 2.43. The fourth-order valence-corrected chi connectivity index (χ4v) is 2.93. The number of nitrogens with zero attached hydrogens (tertiary/aromatic N) is 2. The van der Waals surface area contributed by atoms with Gasteiger partial charge in [-0.25, -0.2) is 0 Å². The molecule has 1 saturated carbocycles. The maximum Gasteiger partial charge on any atom is 0.0544 e. The summed E-state index contributed by atoms with van der Waals surface area (Å²) in [6.45, 7) is 4.37. The molecule has 0 radical (unpaired) electrons. The monoisotopic (exact) mass is 247 g/mol. The second-order valence-electron chi connectivity index (χ2n) is 5.18. The number of hydrogen-bond acceptors (Lipinski definition) is 3. The van der Waals surface area contributed by atoms with Gasteiger partial charge in [0.1, 0.15) is 0 Å². The maximum atomic E-state index is 4.44. The van der Waals surface area contributed by atoms with Crippen LogP contribution in [0, 0.1) is 0 Å². The molecular weight excluding hydrogens is 222 g/mol. The number of aromatic nitrogens is 1. The van der Waals surface area contributed by atoms with Gasteiger partial charge in [0.2, 0.25) is 0 Å². The maximum absolute atomic E-state index is 4.44. The van der Waals surface area contributed by atoms with Crippen LogP contribution in [0.3, 0.4) is 0 Å². The van der Waals surface area contributed by atoms with E-state index in [1.165, 1.54) is 31.4 Å². The van der Waals surface area contributed by atoms with E-state index in [9.17, 15) is 0 Å². The van der Waals surface area contributed by atoms with E-state index in [1.807, 2.05) is 12.3 Å². The molecule has 0 spiro atoms. The highest BCUT2D eigenvalue weighted by atomic mass is 15.2. The molecule has 100 valence electrons. The molecule has 1 N–H and O–H groups in total. The average Bonchev–Trinajstić information content (AvgIpc) is 2.46. The lowest BCUT2D eigenvalue weighted by molar-refractivity contribution is 0.143. The van der Waals surface area contributed by atoms with Gasteiger partial charge in [0.25, 0.3) is 0 Å². The predicted molar refractivity (Wildman–Crippen MR) is 75.4 cm³/mol. The molecule has 1 aromatic heterocycles. The summed E-state index contributed by atoms with van der Waals surface area (Å²) < 4.78 is 0. The second-order valence-corrected chi connectivity index (χ2v) is 5.18. The van der Waals surface area contributed by atoms with Crippen LogP contribution in [0.1, 0.15) is 38.3 Å². The van der Waals surface area contributed by atoms with Crippen LogP contribution in [-0.4, -0.2) is 35.6 Å². The van der Waals surface area contributed by atoms with Crippen LogP contribution in [0.5, 0.6) is 0 Å². The minimum atomic E-state index is 0.731. The molecule has 0 unspecified atom stereocenters. The Hall–Kier alpha value is -0.930. The van der Waals surface area contributed by atoms with Crippen molar-refractivity contribution in [1.82, 2.24) is 15.2 Å². The molecule has 0 aromatic carbocycles. The molecule has 3 nitrogen and oxygen atoms in total. The molecule has 1 heterocycles. The van der Waals surface area contributed by atoms with Crippen LogP contribution in [0.15, 0.2) is 24.4 Å². The summed E-state index contributed by atoms with van der Waals surface area (Å²) in [5.41, 5.74) is 1.19. The zero-order valence-electron chi connectivity index (χ0n) is 11.6. The highest BCUT2D eigenvalue weighted by molar-refractivity contribution is 5.03. The van der Waals surface area contributed by atoms with Crippen molar-refractivity contribution in [2.75, 3.05) is 13.6 Å². The van der Waals surface area contributed by atoms with E-state index in [1.54, 1.807) is 0 Å². The van der Waals surface area contributed by atoms with Crippen molar-refractivity contribution >= 4 is 0 Å². The molecule has 0 atom stereocenters. The van der Waals surface area contributed by atoms with Crippen LogP contribution >= 0.6 is 0 Å². The first-order chi connectivity index (χ1) is 8.83. The summed E-state index contributed by atoms with van der Waals surface area (Å²) in [5.74, 6) is 0. The summed E-state index contributed by atoms with van der Waals surface area (Å²) in [6.07, 6.45) is 7.12. The number of hydrogen-bond donors (Lipinski definition) is 1. The van der Waals surface area contributed by atoms with Gasteiger partial charge in [0.15, 0.2) is 0 Å². The third-order valence-corrected chi connectivity index (χ3v) is 4.12. The molecule has 0 saturated heterocycles. The van der Waals surface area contributed by atoms with Crippen molar-refractivity contribution in [2.24, 2.45) is 0 Å². The Labute approximate surface area is 111 Å². The van der Waals surface area contributed by atoms with E-state index in [2.05, 4.69) is 41.3 Å². The van der Waals surface area contributed by atoms with Gasteiger partial charge in [-0.3, -0.25) is 9.88 Å². The van der Waals surface area contributed by atoms with Crippen LogP contribution < -0.4 is 5.32 Å². The molecule has 1 aromatic rings. The first-order valence-corrected chi connectivity index (χ1v) is 7.14. The summed E-state index contributed by atoms with van der Waals surface area (Å²) >= 11 is 0. The van der Waals surface area contributed by atoms with E-state index in [4.69, 9.17) is 0 Å². The topological polar surface area (TPSA) is 28.2 Å². The summed E-state index contributed by atoms with van der Waals surface area (Å²) in [7, 11) is 2.08. The quantitative estimate of drug-likeness (QED) is 0.866. The summed E-state index contributed by atoms with van der Waals surface area (Å²) in [4.78, 5) is 7.02. The van der Waals surface area contributed by atoms with Crippen molar-refractivity contribution in [3.8, 4) is 0 Å². The van der Waals surface area contributed by atoms with Gasteiger partial charge in [0.05, 0.1) is 5.69 Å². The highest BCUT2D eigenvalue weighted by Crippen LogP contribution is 2.23. The first-order valence-electron chi connectivity index (χ1n) is 7.14. The van der Waals surface area contributed by atoms with Gasteiger partial charge in [-0.1, -0.05) is 13.0 Å². The van der Waals surface area contributed by atoms with E-state index in [0.717, 1.165) is 25.2 Å². The average molecular weight is 247 g/mol.